The Labute approximate surface area is 134 Å². The van der Waals surface area contributed by atoms with Crippen molar-refractivity contribution in [1.82, 2.24) is 10.6 Å². The normalized spacial score (nSPS) is 14.4. The fourth-order valence-corrected chi connectivity index (χ4v) is 1.65. The molecule has 0 aromatic heterocycles. The van der Waals surface area contributed by atoms with E-state index >= 15 is 0 Å². The highest BCUT2D eigenvalue weighted by Crippen LogP contribution is 2.16. The highest BCUT2D eigenvalue weighted by Gasteiger charge is 2.31. The summed E-state index contributed by atoms with van der Waals surface area (Å²) in [6.45, 7) is 14.5. The Bertz CT molecular complexity index is 364. The summed E-state index contributed by atoms with van der Waals surface area (Å²) < 4.78 is 10.4. The van der Waals surface area contributed by atoms with Gasteiger partial charge in [-0.2, -0.15) is 0 Å². The standard InChI is InChI=1S/C16H32N2O4/c1-8-21-10-9-13(19)18-16(7,12(2)3)11-17-14(20)22-15(4,5)6/h12H,8-11H2,1-7H3,(H,17,20)(H,18,19). The molecule has 6 nitrogen and oxygen atoms in total. The summed E-state index contributed by atoms with van der Waals surface area (Å²) in [4.78, 5) is 23.7. The van der Waals surface area contributed by atoms with Crippen LogP contribution in [0.15, 0.2) is 0 Å². The van der Waals surface area contributed by atoms with Crippen LogP contribution in [0.3, 0.4) is 0 Å². The molecule has 0 radical (unpaired) electrons. The highest BCUT2D eigenvalue weighted by molar-refractivity contribution is 5.77. The second-order valence-corrected chi connectivity index (χ2v) is 6.92. The monoisotopic (exact) mass is 316 g/mol. The molecule has 0 aromatic carbocycles. The maximum atomic E-state index is 12.0. The van der Waals surface area contributed by atoms with Gasteiger partial charge in [0, 0.05) is 19.6 Å². The largest absolute Gasteiger partial charge is 0.444 e. The van der Waals surface area contributed by atoms with Gasteiger partial charge in [-0.3, -0.25) is 4.79 Å². The van der Waals surface area contributed by atoms with Crippen LogP contribution in [0.2, 0.25) is 0 Å². The average Bonchev–Trinajstić information content (AvgIpc) is 2.34. The zero-order valence-electron chi connectivity index (χ0n) is 15.0. The molecule has 0 saturated carbocycles. The fourth-order valence-electron chi connectivity index (χ4n) is 1.65. The van der Waals surface area contributed by atoms with Crippen LogP contribution in [0.25, 0.3) is 0 Å². The molecule has 2 amide bonds. The Hall–Kier alpha value is -1.30. The van der Waals surface area contributed by atoms with E-state index in [4.69, 9.17) is 9.47 Å². The van der Waals surface area contributed by atoms with Gasteiger partial charge in [0.1, 0.15) is 5.60 Å². The summed E-state index contributed by atoms with van der Waals surface area (Å²) in [7, 11) is 0. The van der Waals surface area contributed by atoms with Crippen molar-refractivity contribution >= 4 is 12.0 Å². The molecule has 0 aliphatic rings. The molecule has 0 rings (SSSR count). The number of hydrogen-bond acceptors (Lipinski definition) is 4. The lowest BCUT2D eigenvalue weighted by atomic mass is 9.88. The van der Waals surface area contributed by atoms with Crippen molar-refractivity contribution in [3.63, 3.8) is 0 Å². The Morgan fingerprint density at radius 3 is 2.18 bits per heavy atom. The summed E-state index contributed by atoms with van der Waals surface area (Å²) in [6, 6.07) is 0. The van der Waals surface area contributed by atoms with Crippen LogP contribution in [0, 0.1) is 5.92 Å². The Balaban J connectivity index is 4.49. The molecule has 1 atom stereocenters. The van der Waals surface area contributed by atoms with E-state index in [-0.39, 0.29) is 11.8 Å². The summed E-state index contributed by atoms with van der Waals surface area (Å²) in [5.41, 5.74) is -1.08. The van der Waals surface area contributed by atoms with Gasteiger partial charge in [-0.15, -0.1) is 0 Å². The molecule has 0 fully saturated rings. The maximum absolute atomic E-state index is 12.0. The number of rotatable bonds is 8. The van der Waals surface area contributed by atoms with E-state index in [1.165, 1.54) is 0 Å². The van der Waals surface area contributed by atoms with Crippen LogP contribution >= 0.6 is 0 Å². The topological polar surface area (TPSA) is 76.7 Å². The van der Waals surface area contributed by atoms with Gasteiger partial charge in [-0.05, 0) is 40.5 Å². The first-order valence-corrected chi connectivity index (χ1v) is 7.85. The second kappa shape index (κ2) is 8.98. The van der Waals surface area contributed by atoms with Crippen molar-refractivity contribution in [1.29, 1.82) is 0 Å². The molecule has 2 N–H and O–H groups in total. The summed E-state index contributed by atoms with van der Waals surface area (Å²) in [5, 5.41) is 5.71. The quantitative estimate of drug-likeness (QED) is 0.674. The molecule has 1 unspecified atom stereocenters. The highest BCUT2D eigenvalue weighted by atomic mass is 16.6. The average molecular weight is 316 g/mol. The Kier molecular flexibility index (Phi) is 8.45. The van der Waals surface area contributed by atoms with Crippen molar-refractivity contribution in [2.75, 3.05) is 19.8 Å². The SMILES string of the molecule is CCOCCC(=O)NC(C)(CNC(=O)OC(C)(C)C)C(C)C. The lowest BCUT2D eigenvalue weighted by Gasteiger charge is -2.35. The maximum Gasteiger partial charge on any atom is 0.407 e. The summed E-state index contributed by atoms with van der Waals surface area (Å²) in [6.07, 6.45) is -0.175. The van der Waals surface area contributed by atoms with E-state index in [2.05, 4.69) is 10.6 Å². The van der Waals surface area contributed by atoms with Gasteiger partial charge >= 0.3 is 6.09 Å². The van der Waals surface area contributed by atoms with Gasteiger partial charge in [0.25, 0.3) is 0 Å². The van der Waals surface area contributed by atoms with Gasteiger partial charge in [0.05, 0.1) is 12.1 Å². The summed E-state index contributed by atoms with van der Waals surface area (Å²) in [5.74, 6) is 0.0640. The number of ether oxygens (including phenoxy) is 2. The number of amides is 2. The first kappa shape index (κ1) is 20.7. The molecule has 0 spiro atoms. The van der Waals surface area contributed by atoms with E-state index in [1.54, 1.807) is 0 Å². The lowest BCUT2D eigenvalue weighted by molar-refractivity contribution is -0.124. The third kappa shape index (κ3) is 8.87. The Morgan fingerprint density at radius 2 is 1.73 bits per heavy atom. The smallest absolute Gasteiger partial charge is 0.407 e. The van der Waals surface area contributed by atoms with Crippen LogP contribution in [0.1, 0.15) is 54.9 Å². The van der Waals surface area contributed by atoms with E-state index in [0.717, 1.165) is 0 Å². The number of hydrogen-bond donors (Lipinski definition) is 2. The molecule has 22 heavy (non-hydrogen) atoms. The van der Waals surface area contributed by atoms with Crippen molar-refractivity contribution in [3.05, 3.63) is 0 Å². The molecule has 0 aliphatic heterocycles. The Morgan fingerprint density at radius 1 is 1.14 bits per heavy atom. The molecule has 130 valence electrons. The van der Waals surface area contributed by atoms with Crippen LogP contribution in [0.4, 0.5) is 4.79 Å². The van der Waals surface area contributed by atoms with Gasteiger partial charge in [0.2, 0.25) is 5.91 Å². The van der Waals surface area contributed by atoms with Crippen LogP contribution in [-0.4, -0.2) is 42.9 Å². The molecule has 6 heteroatoms. The van der Waals surface area contributed by atoms with Crippen molar-refractivity contribution in [3.8, 4) is 0 Å². The molecular formula is C16H32N2O4. The van der Waals surface area contributed by atoms with E-state index in [9.17, 15) is 9.59 Å². The fraction of sp³-hybridized carbons (Fsp3) is 0.875. The zero-order valence-corrected chi connectivity index (χ0v) is 15.0. The van der Waals surface area contributed by atoms with E-state index in [0.29, 0.717) is 26.2 Å². The molecule has 0 aliphatic carbocycles. The minimum atomic E-state index is -0.543. The number of alkyl carbamates (subject to hydrolysis) is 1. The number of carbonyl (C=O) groups is 2. The molecular weight excluding hydrogens is 284 g/mol. The summed E-state index contributed by atoms with van der Waals surface area (Å²) >= 11 is 0. The van der Waals surface area contributed by atoms with E-state index < -0.39 is 17.2 Å². The van der Waals surface area contributed by atoms with Crippen molar-refractivity contribution in [2.24, 2.45) is 5.92 Å². The zero-order chi connectivity index (χ0) is 17.4. The molecule has 0 aromatic rings. The second-order valence-electron chi connectivity index (χ2n) is 6.92. The minimum absolute atomic E-state index is 0.0874. The van der Waals surface area contributed by atoms with Crippen LogP contribution in [-0.2, 0) is 14.3 Å². The first-order chi connectivity index (χ1) is 10.00. The predicted molar refractivity (Wildman–Crippen MR) is 86.7 cm³/mol. The van der Waals surface area contributed by atoms with Crippen molar-refractivity contribution < 1.29 is 19.1 Å². The van der Waals surface area contributed by atoms with E-state index in [1.807, 2.05) is 48.5 Å². The van der Waals surface area contributed by atoms with Gasteiger partial charge in [0.15, 0.2) is 0 Å². The van der Waals surface area contributed by atoms with Crippen molar-refractivity contribution in [2.45, 2.75) is 66.0 Å². The van der Waals surface area contributed by atoms with Crippen LogP contribution < -0.4 is 10.6 Å². The third-order valence-electron chi connectivity index (χ3n) is 3.38. The molecule has 0 bridgehead atoms. The van der Waals surface area contributed by atoms with Gasteiger partial charge < -0.3 is 20.1 Å². The molecule has 0 saturated heterocycles. The minimum Gasteiger partial charge on any atom is -0.444 e. The number of nitrogens with one attached hydrogen (secondary N) is 2. The third-order valence-corrected chi connectivity index (χ3v) is 3.38. The number of carbonyl (C=O) groups excluding carboxylic acids is 2. The first-order valence-electron chi connectivity index (χ1n) is 7.85. The van der Waals surface area contributed by atoms with Gasteiger partial charge in [-0.25, -0.2) is 4.79 Å². The predicted octanol–water partition coefficient (Wildman–Crippen LogP) is 2.47. The lowest BCUT2D eigenvalue weighted by Crippen LogP contribution is -2.57. The molecule has 0 heterocycles. The van der Waals surface area contributed by atoms with Gasteiger partial charge in [-0.1, -0.05) is 13.8 Å². The van der Waals surface area contributed by atoms with Crippen LogP contribution in [0.5, 0.6) is 0 Å².